The van der Waals surface area contributed by atoms with Crippen molar-refractivity contribution < 1.29 is 0 Å². The van der Waals surface area contributed by atoms with Crippen LogP contribution in [0.2, 0.25) is 0 Å². The van der Waals surface area contributed by atoms with Gasteiger partial charge in [-0.25, -0.2) is 0 Å². The summed E-state index contributed by atoms with van der Waals surface area (Å²) in [6.45, 7) is 4.07. The lowest BCUT2D eigenvalue weighted by Gasteiger charge is -2.28. The molecule has 2 N–H and O–H groups in total. The molecule has 6 heteroatoms. The Labute approximate surface area is 142 Å². The molecule has 0 aliphatic carbocycles. The van der Waals surface area contributed by atoms with Crippen LogP contribution in [-0.4, -0.2) is 10.2 Å². The number of halogens is 1. The fraction of sp³-hybridized carbons (Fsp3) is 0.235. The van der Waals surface area contributed by atoms with Gasteiger partial charge < -0.3 is 5.32 Å². The predicted molar refractivity (Wildman–Crippen MR) is 90.4 cm³/mol. The van der Waals surface area contributed by atoms with Crippen molar-refractivity contribution in [3.63, 3.8) is 0 Å². The van der Waals surface area contributed by atoms with Gasteiger partial charge in [0.05, 0.1) is 23.1 Å². The number of nitrogens with zero attached hydrogens (tertiary/aromatic N) is 3. The largest absolute Gasteiger partial charge is 0.341 e. The van der Waals surface area contributed by atoms with Crippen molar-refractivity contribution in [3.8, 4) is 12.1 Å². The summed E-state index contributed by atoms with van der Waals surface area (Å²) < 4.78 is 0.720. The van der Waals surface area contributed by atoms with E-state index in [1.54, 1.807) is 12.3 Å². The van der Waals surface area contributed by atoms with E-state index in [4.69, 9.17) is 0 Å². The van der Waals surface area contributed by atoms with Gasteiger partial charge in [-0.1, -0.05) is 26.0 Å². The molecule has 0 amide bonds. The second kappa shape index (κ2) is 5.91. The van der Waals surface area contributed by atoms with Crippen LogP contribution in [0.3, 0.4) is 0 Å². The van der Waals surface area contributed by atoms with Crippen molar-refractivity contribution in [2.75, 3.05) is 5.32 Å². The van der Waals surface area contributed by atoms with Gasteiger partial charge in [0.2, 0.25) is 0 Å². The molecule has 0 saturated carbocycles. The van der Waals surface area contributed by atoms with Gasteiger partial charge in [-0.15, -0.1) is 0 Å². The fourth-order valence-corrected chi connectivity index (χ4v) is 3.47. The van der Waals surface area contributed by atoms with Crippen LogP contribution in [0.1, 0.15) is 36.5 Å². The van der Waals surface area contributed by atoms with Crippen molar-refractivity contribution in [2.24, 2.45) is 5.92 Å². The SMILES string of the molecule is CC(C)C1=C(C#N)C(c2cccc(C#N)c2Br)c2c[nH]nc2N1. The Hall–Kier alpha value is -2.57. The molecule has 1 aliphatic rings. The first-order valence-corrected chi connectivity index (χ1v) is 8.01. The van der Waals surface area contributed by atoms with E-state index in [9.17, 15) is 10.5 Å². The number of hydrogen-bond donors (Lipinski definition) is 2. The van der Waals surface area contributed by atoms with E-state index in [2.05, 4.69) is 43.6 Å². The van der Waals surface area contributed by atoms with Gasteiger partial charge in [-0.3, -0.25) is 5.10 Å². The highest BCUT2D eigenvalue weighted by Crippen LogP contribution is 2.44. The first-order valence-electron chi connectivity index (χ1n) is 7.21. The summed E-state index contributed by atoms with van der Waals surface area (Å²) in [4.78, 5) is 0. The van der Waals surface area contributed by atoms with Crippen LogP contribution in [0.4, 0.5) is 5.82 Å². The Kier molecular flexibility index (Phi) is 3.94. The number of hydrogen-bond acceptors (Lipinski definition) is 4. The topological polar surface area (TPSA) is 88.3 Å². The Bertz CT molecular complexity index is 879. The lowest BCUT2D eigenvalue weighted by Crippen LogP contribution is -2.21. The molecule has 1 aliphatic heterocycles. The van der Waals surface area contributed by atoms with Crippen molar-refractivity contribution >= 4 is 21.7 Å². The summed E-state index contributed by atoms with van der Waals surface area (Å²) in [5.74, 6) is 0.636. The molecule has 1 unspecified atom stereocenters. The number of benzene rings is 1. The second-order valence-corrected chi connectivity index (χ2v) is 6.45. The zero-order valence-corrected chi connectivity index (χ0v) is 14.3. The lowest BCUT2D eigenvalue weighted by atomic mass is 9.81. The molecule has 5 nitrogen and oxygen atoms in total. The van der Waals surface area contributed by atoms with Gasteiger partial charge in [0.1, 0.15) is 6.07 Å². The number of aromatic nitrogens is 2. The van der Waals surface area contributed by atoms with Gasteiger partial charge in [0.25, 0.3) is 0 Å². The van der Waals surface area contributed by atoms with Gasteiger partial charge in [0, 0.05) is 21.9 Å². The molecular formula is C17H14BrN5. The molecule has 2 aromatic rings. The zero-order chi connectivity index (χ0) is 16.6. The first-order chi connectivity index (χ1) is 11.1. The maximum Gasteiger partial charge on any atom is 0.156 e. The Balaban J connectivity index is 2.29. The minimum atomic E-state index is -0.255. The van der Waals surface area contributed by atoms with Crippen molar-refractivity contribution in [3.05, 3.63) is 56.8 Å². The minimum Gasteiger partial charge on any atom is -0.341 e. The molecule has 114 valence electrons. The van der Waals surface area contributed by atoms with Gasteiger partial charge in [-0.05, 0) is 33.5 Å². The van der Waals surface area contributed by atoms with Crippen LogP contribution in [-0.2, 0) is 0 Å². The Morgan fingerprint density at radius 3 is 2.65 bits per heavy atom. The number of H-pyrrole nitrogens is 1. The number of aromatic amines is 1. The van der Waals surface area contributed by atoms with Crippen LogP contribution in [0.25, 0.3) is 0 Å². The summed E-state index contributed by atoms with van der Waals surface area (Å²) in [6.07, 6.45) is 1.80. The van der Waals surface area contributed by atoms with Crippen molar-refractivity contribution in [1.82, 2.24) is 10.2 Å². The van der Waals surface area contributed by atoms with Crippen LogP contribution in [0, 0.1) is 28.6 Å². The number of anilines is 1. The summed E-state index contributed by atoms with van der Waals surface area (Å²) in [5, 5.41) is 29.4. The highest BCUT2D eigenvalue weighted by molar-refractivity contribution is 9.10. The summed E-state index contributed by atoms with van der Waals surface area (Å²) in [5.41, 5.74) is 3.87. The average Bonchev–Trinajstić information content (AvgIpc) is 3.01. The molecule has 0 fully saturated rings. The van der Waals surface area contributed by atoms with E-state index >= 15 is 0 Å². The standard InChI is InChI=1S/C17H14BrN5/c1-9(2)16-12(7-20)14(13-8-21-23-17(13)22-16)11-5-3-4-10(6-19)15(11)18/h3-5,8-9,14H,1-2H3,(H2,21,22,23). The van der Waals surface area contributed by atoms with E-state index < -0.39 is 0 Å². The van der Waals surface area contributed by atoms with E-state index in [1.807, 2.05) is 26.0 Å². The molecule has 2 heterocycles. The summed E-state index contributed by atoms with van der Waals surface area (Å²) >= 11 is 3.53. The third-order valence-corrected chi connectivity index (χ3v) is 4.86. The van der Waals surface area contributed by atoms with Gasteiger partial charge in [-0.2, -0.15) is 15.6 Å². The normalized spacial score (nSPS) is 16.5. The molecule has 0 radical (unpaired) electrons. The fourth-order valence-electron chi connectivity index (χ4n) is 2.89. The quantitative estimate of drug-likeness (QED) is 0.838. The van der Waals surface area contributed by atoms with Crippen LogP contribution >= 0.6 is 15.9 Å². The predicted octanol–water partition coefficient (Wildman–Crippen LogP) is 4.03. The van der Waals surface area contributed by atoms with Crippen LogP contribution in [0.5, 0.6) is 0 Å². The summed E-state index contributed by atoms with van der Waals surface area (Å²) in [6, 6.07) is 10.1. The lowest BCUT2D eigenvalue weighted by molar-refractivity contribution is 0.740. The average molecular weight is 368 g/mol. The third kappa shape index (κ3) is 2.42. The Morgan fingerprint density at radius 1 is 1.22 bits per heavy atom. The molecule has 1 atom stereocenters. The van der Waals surface area contributed by atoms with Gasteiger partial charge in [0.15, 0.2) is 5.82 Å². The monoisotopic (exact) mass is 367 g/mol. The first kappa shape index (κ1) is 15.3. The van der Waals surface area contributed by atoms with E-state index in [0.29, 0.717) is 11.1 Å². The molecule has 23 heavy (non-hydrogen) atoms. The second-order valence-electron chi connectivity index (χ2n) is 5.66. The number of nitriles is 2. The van der Waals surface area contributed by atoms with E-state index in [-0.39, 0.29) is 11.8 Å². The number of nitrogens with one attached hydrogen (secondary N) is 2. The molecule has 1 aromatic carbocycles. The number of allylic oxidation sites excluding steroid dienone is 2. The minimum absolute atomic E-state index is 0.162. The highest BCUT2D eigenvalue weighted by Gasteiger charge is 2.33. The molecule has 3 rings (SSSR count). The molecular weight excluding hydrogens is 354 g/mol. The number of rotatable bonds is 2. The van der Waals surface area contributed by atoms with E-state index in [1.165, 1.54) is 0 Å². The maximum absolute atomic E-state index is 9.76. The smallest absolute Gasteiger partial charge is 0.156 e. The maximum atomic E-state index is 9.76. The van der Waals surface area contributed by atoms with Crippen molar-refractivity contribution in [2.45, 2.75) is 19.8 Å². The zero-order valence-electron chi connectivity index (χ0n) is 12.7. The molecule has 0 bridgehead atoms. The molecule has 1 aromatic heterocycles. The number of fused-ring (bicyclic) bond motifs is 1. The Morgan fingerprint density at radius 2 is 2.00 bits per heavy atom. The molecule has 0 saturated heterocycles. The third-order valence-electron chi connectivity index (χ3n) is 3.97. The molecule has 0 spiro atoms. The van der Waals surface area contributed by atoms with Gasteiger partial charge >= 0.3 is 0 Å². The highest BCUT2D eigenvalue weighted by atomic mass is 79.9. The van der Waals surface area contributed by atoms with Crippen molar-refractivity contribution in [1.29, 1.82) is 10.5 Å². The van der Waals surface area contributed by atoms with E-state index in [0.717, 1.165) is 27.1 Å². The van der Waals surface area contributed by atoms with Crippen LogP contribution in [0.15, 0.2) is 40.1 Å². The summed E-state index contributed by atoms with van der Waals surface area (Å²) in [7, 11) is 0. The van der Waals surface area contributed by atoms with Crippen LogP contribution < -0.4 is 5.32 Å².